The number of nitrogens with zero attached hydrogens (tertiary/aromatic N) is 3. The third kappa shape index (κ3) is 4.89. The lowest BCUT2D eigenvalue weighted by Gasteiger charge is -2.18. The summed E-state index contributed by atoms with van der Waals surface area (Å²) in [6.45, 7) is 0.984. The summed E-state index contributed by atoms with van der Waals surface area (Å²) in [6, 6.07) is 13.3. The summed E-state index contributed by atoms with van der Waals surface area (Å²) < 4.78 is 28.8. The van der Waals surface area contributed by atoms with E-state index in [1.54, 1.807) is 6.07 Å². The van der Waals surface area contributed by atoms with Crippen molar-refractivity contribution in [2.75, 3.05) is 31.5 Å². The molecular weight excluding hydrogens is 376 g/mol. The molecule has 0 radical (unpaired) electrons. The highest BCUT2D eigenvalue weighted by Gasteiger charge is 2.19. The van der Waals surface area contributed by atoms with Gasteiger partial charge in [0.1, 0.15) is 12.4 Å². The molecule has 148 valence electrons. The lowest BCUT2D eigenvalue weighted by molar-refractivity contribution is 0.356. The van der Waals surface area contributed by atoms with E-state index in [0.29, 0.717) is 19.1 Å². The topological polar surface area (TPSA) is 97.3 Å². The minimum atomic E-state index is -3.09. The van der Waals surface area contributed by atoms with Gasteiger partial charge in [0.15, 0.2) is 15.7 Å². The first-order valence-corrected chi connectivity index (χ1v) is 10.9. The fourth-order valence-electron chi connectivity index (χ4n) is 3.10. The van der Waals surface area contributed by atoms with Gasteiger partial charge in [-0.1, -0.05) is 24.3 Å². The zero-order valence-corrected chi connectivity index (χ0v) is 16.8. The van der Waals surface area contributed by atoms with Crippen molar-refractivity contribution >= 4 is 27.7 Å². The van der Waals surface area contributed by atoms with Crippen LogP contribution in [0.1, 0.15) is 16.7 Å². The number of ether oxygens (including phenoxy) is 1. The first-order chi connectivity index (χ1) is 13.4. The van der Waals surface area contributed by atoms with E-state index < -0.39 is 9.84 Å². The van der Waals surface area contributed by atoms with Crippen LogP contribution in [0.2, 0.25) is 0 Å². The van der Waals surface area contributed by atoms with Crippen molar-refractivity contribution in [3.8, 4) is 5.75 Å². The zero-order valence-electron chi connectivity index (χ0n) is 16.0. The molecule has 2 N–H and O–H groups in total. The lowest BCUT2D eigenvalue weighted by Crippen LogP contribution is -2.19. The highest BCUT2D eigenvalue weighted by atomic mass is 32.2. The van der Waals surface area contributed by atoms with Gasteiger partial charge in [-0.15, -0.1) is 0 Å². The van der Waals surface area contributed by atoms with Crippen LogP contribution < -0.4 is 15.4 Å². The molecule has 28 heavy (non-hydrogen) atoms. The van der Waals surface area contributed by atoms with Gasteiger partial charge in [-0.05, 0) is 29.3 Å². The van der Waals surface area contributed by atoms with Crippen LogP contribution in [-0.2, 0) is 22.0 Å². The molecule has 7 nitrogen and oxygen atoms in total. The maximum absolute atomic E-state index is 11.5. The number of sulfone groups is 1. The number of nitrogens with two attached hydrogens (primary N) is 1. The Balaban J connectivity index is 1.83. The molecule has 0 bridgehead atoms. The second kappa shape index (κ2) is 8.43. The van der Waals surface area contributed by atoms with E-state index in [-0.39, 0.29) is 5.75 Å². The molecule has 0 aliphatic carbocycles. The maximum Gasteiger partial charge on any atom is 0.161 e. The molecule has 3 rings (SSSR count). The quantitative estimate of drug-likeness (QED) is 0.591. The summed E-state index contributed by atoms with van der Waals surface area (Å²) in [7, 11) is -1.20. The number of aliphatic imine (C=N–C) groups is 2. The van der Waals surface area contributed by atoms with E-state index in [9.17, 15) is 8.42 Å². The summed E-state index contributed by atoms with van der Waals surface area (Å²) in [6.07, 6.45) is 3.32. The van der Waals surface area contributed by atoms with E-state index >= 15 is 0 Å². The SMILES string of the molecule is CN(CN=C(N=CN)c1cccc2c1OCC2)c1cccc(CS(C)(=O)=O)c1. The predicted molar refractivity (Wildman–Crippen MR) is 113 cm³/mol. The molecule has 0 spiro atoms. The average molecular weight is 401 g/mol. The number of amidine groups is 1. The van der Waals surface area contributed by atoms with Gasteiger partial charge >= 0.3 is 0 Å². The van der Waals surface area contributed by atoms with Gasteiger partial charge in [0.25, 0.3) is 0 Å². The van der Waals surface area contributed by atoms with Crippen molar-refractivity contribution in [1.29, 1.82) is 0 Å². The van der Waals surface area contributed by atoms with Crippen LogP contribution in [0.25, 0.3) is 0 Å². The van der Waals surface area contributed by atoms with Crippen molar-refractivity contribution in [2.24, 2.45) is 15.7 Å². The Hall–Kier alpha value is -2.87. The standard InChI is InChI=1S/C20H24N4O3S/c1-24(17-7-3-5-15(11-17)12-28(2,25)26)14-23-20(22-13-21)18-8-4-6-16-9-10-27-19(16)18/h3-8,11,13H,9-10,12,14H2,1-2H3,(H2,21,22,23). The molecule has 0 aromatic heterocycles. The minimum absolute atomic E-state index is 0.00809. The van der Waals surface area contributed by atoms with Crippen LogP contribution >= 0.6 is 0 Å². The summed E-state index contributed by atoms with van der Waals surface area (Å²) >= 11 is 0. The second-order valence-corrected chi connectivity index (χ2v) is 8.87. The normalized spacial score (nSPS) is 14.1. The number of hydrogen-bond donors (Lipinski definition) is 1. The fraction of sp³-hybridized carbons (Fsp3) is 0.300. The van der Waals surface area contributed by atoms with Crippen molar-refractivity contribution in [3.05, 3.63) is 59.2 Å². The second-order valence-electron chi connectivity index (χ2n) is 6.73. The Morgan fingerprint density at radius 1 is 1.29 bits per heavy atom. The summed E-state index contributed by atoms with van der Waals surface area (Å²) in [5.74, 6) is 1.32. The molecule has 2 aromatic rings. The number of fused-ring (bicyclic) bond motifs is 1. The van der Waals surface area contributed by atoms with E-state index in [0.717, 1.165) is 34.5 Å². The Kier molecular flexibility index (Phi) is 5.99. The molecule has 1 heterocycles. The molecule has 2 aromatic carbocycles. The first-order valence-electron chi connectivity index (χ1n) is 8.89. The van der Waals surface area contributed by atoms with Gasteiger partial charge in [0.05, 0.1) is 24.3 Å². The van der Waals surface area contributed by atoms with Crippen LogP contribution in [0, 0.1) is 0 Å². The lowest BCUT2D eigenvalue weighted by atomic mass is 10.1. The van der Waals surface area contributed by atoms with Gasteiger partial charge in [0, 0.05) is 25.4 Å². The third-order valence-corrected chi connectivity index (χ3v) is 5.22. The average Bonchev–Trinajstić information content (AvgIpc) is 3.12. The molecule has 1 aliphatic rings. The van der Waals surface area contributed by atoms with Gasteiger partial charge in [-0.25, -0.2) is 18.4 Å². The van der Waals surface area contributed by atoms with Crippen LogP contribution in [0.4, 0.5) is 5.69 Å². The van der Waals surface area contributed by atoms with Crippen molar-refractivity contribution in [2.45, 2.75) is 12.2 Å². The Bertz CT molecular complexity index is 1020. The van der Waals surface area contributed by atoms with Crippen molar-refractivity contribution in [3.63, 3.8) is 0 Å². The molecular formula is C20H24N4O3S. The largest absolute Gasteiger partial charge is 0.492 e. The monoisotopic (exact) mass is 400 g/mol. The zero-order chi connectivity index (χ0) is 20.1. The van der Waals surface area contributed by atoms with Crippen LogP contribution in [0.3, 0.4) is 0 Å². The van der Waals surface area contributed by atoms with E-state index in [1.807, 2.05) is 48.3 Å². The van der Waals surface area contributed by atoms with E-state index in [1.165, 1.54) is 12.6 Å². The number of para-hydroxylation sites is 1. The molecule has 0 saturated heterocycles. The molecule has 1 aliphatic heterocycles. The molecule has 0 amide bonds. The molecule has 0 unspecified atom stereocenters. The third-order valence-electron chi connectivity index (χ3n) is 4.36. The smallest absolute Gasteiger partial charge is 0.161 e. The summed E-state index contributed by atoms with van der Waals surface area (Å²) in [5, 5.41) is 0. The number of rotatable bonds is 6. The Labute approximate surface area is 165 Å². The van der Waals surface area contributed by atoms with Gasteiger partial charge in [0.2, 0.25) is 0 Å². The van der Waals surface area contributed by atoms with Crippen LogP contribution in [-0.4, -0.2) is 47.2 Å². The predicted octanol–water partition coefficient (Wildman–Crippen LogP) is 1.99. The van der Waals surface area contributed by atoms with Gasteiger partial charge in [-0.3, -0.25) is 0 Å². The number of hydrogen-bond acceptors (Lipinski definition) is 5. The van der Waals surface area contributed by atoms with Crippen molar-refractivity contribution in [1.82, 2.24) is 0 Å². The fourth-order valence-corrected chi connectivity index (χ4v) is 3.88. The maximum atomic E-state index is 11.5. The molecule has 8 heteroatoms. The molecule has 0 saturated carbocycles. The number of anilines is 1. The van der Waals surface area contributed by atoms with Crippen LogP contribution in [0.15, 0.2) is 52.4 Å². The highest BCUT2D eigenvalue weighted by molar-refractivity contribution is 7.89. The Morgan fingerprint density at radius 3 is 2.82 bits per heavy atom. The summed E-state index contributed by atoms with van der Waals surface area (Å²) in [5.41, 5.74) is 9.09. The van der Waals surface area contributed by atoms with Crippen molar-refractivity contribution < 1.29 is 13.2 Å². The number of benzene rings is 2. The Morgan fingerprint density at radius 2 is 2.07 bits per heavy atom. The van der Waals surface area contributed by atoms with E-state index in [2.05, 4.69) is 9.98 Å². The van der Waals surface area contributed by atoms with Crippen LogP contribution in [0.5, 0.6) is 5.75 Å². The molecule has 0 fully saturated rings. The highest BCUT2D eigenvalue weighted by Crippen LogP contribution is 2.30. The minimum Gasteiger partial charge on any atom is -0.492 e. The van der Waals surface area contributed by atoms with Gasteiger partial charge < -0.3 is 15.4 Å². The van der Waals surface area contributed by atoms with Gasteiger partial charge in [-0.2, -0.15) is 0 Å². The first kappa shape index (κ1) is 19.9. The van der Waals surface area contributed by atoms with E-state index in [4.69, 9.17) is 10.5 Å². The summed E-state index contributed by atoms with van der Waals surface area (Å²) in [4.78, 5) is 10.7. The molecule has 0 atom stereocenters.